The van der Waals surface area contributed by atoms with E-state index in [1.165, 1.54) is 0 Å². The molecule has 3 saturated heterocycles. The van der Waals surface area contributed by atoms with Crippen LogP contribution >= 0.6 is 0 Å². The summed E-state index contributed by atoms with van der Waals surface area (Å²) in [5.41, 5.74) is 0.00941. The van der Waals surface area contributed by atoms with Gasteiger partial charge in [-0.25, -0.2) is 4.79 Å². The molecule has 0 unspecified atom stereocenters. The van der Waals surface area contributed by atoms with Gasteiger partial charge in [-0.15, -0.1) is 0 Å². The van der Waals surface area contributed by atoms with Crippen molar-refractivity contribution in [1.29, 1.82) is 0 Å². The summed E-state index contributed by atoms with van der Waals surface area (Å²) in [6.07, 6.45) is 1.60. The van der Waals surface area contributed by atoms with Crippen LogP contribution < -0.4 is 0 Å². The van der Waals surface area contributed by atoms with Crippen molar-refractivity contribution in [3.05, 3.63) is 35.9 Å². The Hall–Kier alpha value is -2.08. The van der Waals surface area contributed by atoms with Crippen LogP contribution in [0.5, 0.6) is 0 Å². The van der Waals surface area contributed by atoms with Crippen LogP contribution in [-0.4, -0.2) is 52.8 Å². The first kappa shape index (κ1) is 18.3. The lowest BCUT2D eigenvalue weighted by Crippen LogP contribution is -2.64. The average molecular weight is 372 g/mol. The summed E-state index contributed by atoms with van der Waals surface area (Å²) in [6, 6.07) is 10.0. The molecule has 27 heavy (non-hydrogen) atoms. The summed E-state index contributed by atoms with van der Waals surface area (Å²) < 4.78 is 11.9. The van der Waals surface area contributed by atoms with E-state index in [0.717, 1.165) is 12.0 Å². The van der Waals surface area contributed by atoms with Crippen LogP contribution in [0.15, 0.2) is 30.3 Å². The second-order valence-electron chi connectivity index (χ2n) is 8.76. The lowest BCUT2D eigenvalue weighted by Gasteiger charge is -2.52. The van der Waals surface area contributed by atoms with Gasteiger partial charge in [0.2, 0.25) is 5.91 Å². The molecule has 6 nitrogen and oxygen atoms in total. The van der Waals surface area contributed by atoms with Gasteiger partial charge >= 0.3 is 6.09 Å². The largest absolute Gasteiger partial charge is 0.444 e. The molecule has 4 rings (SSSR count). The lowest BCUT2D eigenvalue weighted by molar-refractivity contribution is -0.190. The van der Waals surface area contributed by atoms with E-state index in [0.29, 0.717) is 32.5 Å². The van der Waals surface area contributed by atoms with Crippen molar-refractivity contribution in [3.63, 3.8) is 0 Å². The summed E-state index contributed by atoms with van der Waals surface area (Å²) in [7, 11) is 0. The number of rotatable bonds is 1. The smallest absolute Gasteiger partial charge is 0.410 e. The third kappa shape index (κ3) is 3.20. The fourth-order valence-corrected chi connectivity index (χ4v) is 4.67. The summed E-state index contributed by atoms with van der Waals surface area (Å²) in [6.45, 7) is 7.25. The van der Waals surface area contributed by atoms with E-state index in [4.69, 9.17) is 9.47 Å². The molecule has 0 saturated carbocycles. The van der Waals surface area contributed by atoms with Crippen molar-refractivity contribution >= 4 is 12.0 Å². The Kier molecular flexibility index (Phi) is 4.41. The van der Waals surface area contributed by atoms with Gasteiger partial charge in [-0.1, -0.05) is 30.3 Å². The topological polar surface area (TPSA) is 59.1 Å². The number of carbonyl (C=O) groups excluding carboxylic acids is 2. The van der Waals surface area contributed by atoms with Crippen molar-refractivity contribution in [2.24, 2.45) is 5.92 Å². The first-order valence-electron chi connectivity index (χ1n) is 9.79. The maximum absolute atomic E-state index is 12.9. The Morgan fingerprint density at radius 1 is 1.26 bits per heavy atom. The third-order valence-corrected chi connectivity index (χ3v) is 5.84. The van der Waals surface area contributed by atoms with Crippen LogP contribution in [-0.2, 0) is 14.3 Å². The molecular weight excluding hydrogens is 344 g/mol. The molecular formula is C21H28N2O4. The summed E-state index contributed by atoms with van der Waals surface area (Å²) in [5.74, 6) is 0.272. The first-order valence-corrected chi connectivity index (χ1v) is 9.79. The Labute approximate surface area is 160 Å². The van der Waals surface area contributed by atoms with Crippen LogP contribution in [0.1, 0.15) is 51.6 Å². The highest BCUT2D eigenvalue weighted by atomic mass is 16.6. The van der Waals surface area contributed by atoms with E-state index >= 15 is 0 Å². The molecule has 0 aromatic heterocycles. The van der Waals surface area contributed by atoms with Crippen LogP contribution in [0.4, 0.5) is 4.79 Å². The van der Waals surface area contributed by atoms with Gasteiger partial charge in [0.1, 0.15) is 11.3 Å². The van der Waals surface area contributed by atoms with Gasteiger partial charge in [0.25, 0.3) is 0 Å². The number of ether oxygens (including phenoxy) is 2. The van der Waals surface area contributed by atoms with Gasteiger partial charge in [-0.2, -0.15) is 0 Å². The van der Waals surface area contributed by atoms with Gasteiger partial charge in [-0.05, 0) is 32.8 Å². The van der Waals surface area contributed by atoms with Gasteiger partial charge in [0, 0.05) is 31.8 Å². The molecule has 0 aliphatic carbocycles. The Bertz CT molecular complexity index is 729. The van der Waals surface area contributed by atoms with Crippen molar-refractivity contribution in [3.8, 4) is 0 Å². The van der Waals surface area contributed by atoms with Crippen LogP contribution in [0.25, 0.3) is 0 Å². The molecule has 0 bridgehead atoms. The van der Waals surface area contributed by atoms with Crippen molar-refractivity contribution in [1.82, 2.24) is 9.80 Å². The molecule has 3 heterocycles. The molecule has 2 amide bonds. The van der Waals surface area contributed by atoms with Gasteiger partial charge in [0.05, 0.1) is 12.6 Å². The molecule has 1 aromatic rings. The Morgan fingerprint density at radius 3 is 2.70 bits per heavy atom. The monoisotopic (exact) mass is 372 g/mol. The average Bonchev–Trinajstić information content (AvgIpc) is 3.01. The SMILES string of the molecule is CC(C)(C)OC(=O)N1CC[C@@]23OC[C@@H](c4ccccc4)N2C(=O)CC[C@H]3C1. The number of amides is 2. The summed E-state index contributed by atoms with van der Waals surface area (Å²) in [5, 5.41) is 0. The maximum atomic E-state index is 12.9. The normalized spacial score (nSPS) is 30.7. The maximum Gasteiger partial charge on any atom is 0.410 e. The number of nitrogens with zero attached hydrogens (tertiary/aromatic N) is 2. The highest BCUT2D eigenvalue weighted by Gasteiger charge is 2.59. The Balaban J connectivity index is 1.56. The van der Waals surface area contributed by atoms with Gasteiger partial charge < -0.3 is 19.3 Å². The van der Waals surface area contributed by atoms with E-state index in [1.54, 1.807) is 4.90 Å². The molecule has 0 N–H and O–H groups in total. The molecule has 3 aliphatic heterocycles. The number of hydrogen-bond donors (Lipinski definition) is 0. The first-order chi connectivity index (χ1) is 12.8. The zero-order chi connectivity index (χ0) is 19.2. The van der Waals surface area contributed by atoms with Gasteiger partial charge in [0.15, 0.2) is 0 Å². The minimum absolute atomic E-state index is 0.0467. The predicted octanol–water partition coefficient (Wildman–Crippen LogP) is 3.33. The zero-order valence-electron chi connectivity index (χ0n) is 16.3. The molecule has 3 atom stereocenters. The van der Waals surface area contributed by atoms with E-state index in [1.807, 2.05) is 43.9 Å². The van der Waals surface area contributed by atoms with Crippen molar-refractivity contribution < 1.29 is 19.1 Å². The van der Waals surface area contributed by atoms with Crippen molar-refractivity contribution in [2.45, 2.75) is 57.4 Å². The minimum atomic E-state index is -0.589. The van der Waals surface area contributed by atoms with Crippen molar-refractivity contribution in [2.75, 3.05) is 19.7 Å². The number of benzene rings is 1. The number of hydrogen-bond acceptors (Lipinski definition) is 4. The van der Waals surface area contributed by atoms with Crippen LogP contribution in [0.3, 0.4) is 0 Å². The van der Waals surface area contributed by atoms with E-state index in [9.17, 15) is 9.59 Å². The van der Waals surface area contributed by atoms with E-state index < -0.39 is 11.3 Å². The zero-order valence-corrected chi connectivity index (χ0v) is 16.3. The van der Waals surface area contributed by atoms with Gasteiger partial charge in [-0.3, -0.25) is 4.79 Å². The van der Waals surface area contributed by atoms with E-state index in [-0.39, 0.29) is 24.0 Å². The molecule has 6 heteroatoms. The third-order valence-electron chi connectivity index (χ3n) is 5.84. The highest BCUT2D eigenvalue weighted by molar-refractivity contribution is 5.79. The second kappa shape index (κ2) is 6.51. The summed E-state index contributed by atoms with van der Waals surface area (Å²) >= 11 is 0. The molecule has 3 aliphatic rings. The second-order valence-corrected chi connectivity index (χ2v) is 8.76. The quantitative estimate of drug-likeness (QED) is 0.759. The van der Waals surface area contributed by atoms with Crippen LogP contribution in [0, 0.1) is 5.92 Å². The molecule has 3 fully saturated rings. The number of piperidine rings is 2. The standard InChI is InChI=1S/C21H28N2O4/c1-20(2,3)27-19(25)22-12-11-21-16(13-22)9-10-18(24)23(21)17(14-26-21)15-7-5-4-6-8-15/h4-8,16-17H,9-14H2,1-3H3/t16-,17-,21-/m0/s1. The number of carbonyl (C=O) groups is 2. The summed E-state index contributed by atoms with van der Waals surface area (Å²) in [4.78, 5) is 29.1. The highest BCUT2D eigenvalue weighted by Crippen LogP contribution is 2.50. The lowest BCUT2D eigenvalue weighted by atomic mass is 9.79. The molecule has 146 valence electrons. The van der Waals surface area contributed by atoms with Crippen LogP contribution in [0.2, 0.25) is 0 Å². The minimum Gasteiger partial charge on any atom is -0.444 e. The fourth-order valence-electron chi connectivity index (χ4n) is 4.67. The molecule has 1 aromatic carbocycles. The molecule has 1 spiro atoms. The molecule has 0 radical (unpaired) electrons. The van der Waals surface area contributed by atoms with E-state index in [2.05, 4.69) is 12.1 Å². The fraction of sp³-hybridized carbons (Fsp3) is 0.619. The number of likely N-dealkylation sites (tertiary alicyclic amines) is 1. The Morgan fingerprint density at radius 2 is 2.00 bits per heavy atom. The predicted molar refractivity (Wildman–Crippen MR) is 99.9 cm³/mol.